The van der Waals surface area contributed by atoms with E-state index in [2.05, 4.69) is 4.74 Å². The average molecular weight is 260 g/mol. The van der Waals surface area contributed by atoms with Gasteiger partial charge in [-0.15, -0.1) is 0 Å². The first kappa shape index (κ1) is 13.9. The summed E-state index contributed by atoms with van der Waals surface area (Å²) in [5.41, 5.74) is 6.41. The molecule has 2 unspecified atom stereocenters. The summed E-state index contributed by atoms with van der Waals surface area (Å²) in [6, 6.07) is 3.86. The van der Waals surface area contributed by atoms with Crippen LogP contribution in [0.4, 0.5) is 4.39 Å². The largest absolute Gasteiger partial charge is 0.469 e. The lowest BCUT2D eigenvalue weighted by Gasteiger charge is -2.20. The van der Waals surface area contributed by atoms with Gasteiger partial charge in [0.2, 0.25) is 0 Å². The number of nitrogens with two attached hydrogens (primary N) is 1. The second-order valence-electron chi connectivity index (χ2n) is 3.95. The van der Waals surface area contributed by atoms with Crippen molar-refractivity contribution in [1.29, 1.82) is 0 Å². The lowest BCUT2D eigenvalue weighted by Crippen LogP contribution is -2.27. The molecule has 1 rings (SSSR count). The van der Waals surface area contributed by atoms with Crippen LogP contribution in [0.2, 0.25) is 5.02 Å². The minimum absolute atomic E-state index is 0.105. The Balaban J connectivity index is 3.01. The number of carbonyl (C=O) groups excluding carboxylic acids is 1. The summed E-state index contributed by atoms with van der Waals surface area (Å²) in [6.45, 7) is 1.76. The van der Waals surface area contributed by atoms with Crippen molar-refractivity contribution in [1.82, 2.24) is 0 Å². The third-order valence-electron chi connectivity index (χ3n) is 2.56. The highest BCUT2D eigenvalue weighted by molar-refractivity contribution is 6.30. The zero-order valence-corrected chi connectivity index (χ0v) is 10.5. The van der Waals surface area contributed by atoms with Gasteiger partial charge in [-0.05, 0) is 30.7 Å². The van der Waals surface area contributed by atoms with Gasteiger partial charge in [0, 0.05) is 17.0 Å². The molecule has 0 fully saturated rings. The number of hydrogen-bond acceptors (Lipinski definition) is 3. The van der Waals surface area contributed by atoms with Gasteiger partial charge >= 0.3 is 5.97 Å². The quantitative estimate of drug-likeness (QED) is 0.845. The van der Waals surface area contributed by atoms with E-state index in [1.807, 2.05) is 0 Å². The topological polar surface area (TPSA) is 52.3 Å². The van der Waals surface area contributed by atoms with Gasteiger partial charge < -0.3 is 10.5 Å². The summed E-state index contributed by atoms with van der Waals surface area (Å²) in [7, 11) is 1.30. The average Bonchev–Trinajstić information content (AvgIpc) is 2.23. The minimum Gasteiger partial charge on any atom is -0.469 e. The number of rotatable bonds is 4. The van der Waals surface area contributed by atoms with Gasteiger partial charge in [0.25, 0.3) is 0 Å². The first-order chi connectivity index (χ1) is 7.93. The summed E-state index contributed by atoms with van der Waals surface area (Å²) >= 11 is 5.77. The first-order valence-corrected chi connectivity index (χ1v) is 5.60. The van der Waals surface area contributed by atoms with Crippen molar-refractivity contribution in [3.8, 4) is 0 Å². The molecule has 3 nitrogen and oxygen atoms in total. The molecule has 0 radical (unpaired) electrons. The van der Waals surface area contributed by atoms with E-state index in [1.165, 1.54) is 19.2 Å². The molecule has 0 aromatic heterocycles. The summed E-state index contributed by atoms with van der Waals surface area (Å²) < 4.78 is 17.8. The van der Waals surface area contributed by atoms with Crippen LogP contribution >= 0.6 is 11.6 Å². The van der Waals surface area contributed by atoms with E-state index in [4.69, 9.17) is 17.3 Å². The molecular weight excluding hydrogens is 245 g/mol. The van der Waals surface area contributed by atoms with E-state index in [-0.39, 0.29) is 29.4 Å². The van der Waals surface area contributed by atoms with Crippen LogP contribution in [0.1, 0.15) is 24.8 Å². The summed E-state index contributed by atoms with van der Waals surface area (Å²) in [5.74, 6) is -1.13. The molecule has 0 saturated heterocycles. The molecule has 2 N–H and O–H groups in total. The molecule has 2 atom stereocenters. The van der Waals surface area contributed by atoms with Gasteiger partial charge in [-0.25, -0.2) is 4.39 Å². The van der Waals surface area contributed by atoms with E-state index in [9.17, 15) is 9.18 Å². The summed E-state index contributed by atoms with van der Waals surface area (Å²) in [5, 5.41) is 0.288. The number of carbonyl (C=O) groups is 1. The highest BCUT2D eigenvalue weighted by atomic mass is 35.5. The maximum atomic E-state index is 13.2. The van der Waals surface area contributed by atoms with Crippen LogP contribution in [0.5, 0.6) is 0 Å². The third kappa shape index (κ3) is 3.98. The Morgan fingerprint density at radius 3 is 2.65 bits per heavy atom. The molecular formula is C12H15ClFNO2. The fourth-order valence-electron chi connectivity index (χ4n) is 1.66. The number of esters is 1. The van der Waals surface area contributed by atoms with E-state index in [1.54, 1.807) is 13.0 Å². The molecule has 0 aliphatic rings. The predicted molar refractivity (Wildman–Crippen MR) is 64.4 cm³/mol. The number of halogens is 2. The number of ether oxygens (including phenoxy) is 1. The van der Waals surface area contributed by atoms with Gasteiger partial charge in [0.15, 0.2) is 0 Å². The summed E-state index contributed by atoms with van der Waals surface area (Å²) in [4.78, 5) is 11.3. The Bertz CT molecular complexity index is 389. The van der Waals surface area contributed by atoms with Crippen molar-refractivity contribution < 1.29 is 13.9 Å². The molecule has 1 aromatic carbocycles. The molecule has 1 aromatic rings. The van der Waals surface area contributed by atoms with Crippen LogP contribution in [0, 0.1) is 5.82 Å². The second kappa shape index (κ2) is 5.98. The Hall–Kier alpha value is -1.13. The van der Waals surface area contributed by atoms with Gasteiger partial charge in [0.1, 0.15) is 5.82 Å². The SMILES string of the molecule is COC(=O)CC(c1cc(F)cc(Cl)c1)C(C)N. The molecule has 0 heterocycles. The molecule has 94 valence electrons. The predicted octanol–water partition coefficient (Wildman–Crippen LogP) is 2.47. The van der Waals surface area contributed by atoms with Crippen molar-refractivity contribution in [2.45, 2.75) is 25.3 Å². The lowest BCUT2D eigenvalue weighted by molar-refractivity contribution is -0.141. The van der Waals surface area contributed by atoms with Crippen LogP contribution in [-0.2, 0) is 9.53 Å². The van der Waals surface area contributed by atoms with Crippen LogP contribution in [-0.4, -0.2) is 19.1 Å². The van der Waals surface area contributed by atoms with E-state index in [0.717, 1.165) is 0 Å². The van der Waals surface area contributed by atoms with Crippen LogP contribution in [0.3, 0.4) is 0 Å². The fourth-order valence-corrected chi connectivity index (χ4v) is 1.89. The lowest BCUT2D eigenvalue weighted by atomic mass is 9.90. The van der Waals surface area contributed by atoms with Gasteiger partial charge in [-0.2, -0.15) is 0 Å². The maximum absolute atomic E-state index is 13.2. The zero-order valence-electron chi connectivity index (χ0n) is 9.74. The zero-order chi connectivity index (χ0) is 13.0. The van der Waals surface area contributed by atoms with Crippen molar-refractivity contribution in [3.05, 3.63) is 34.6 Å². The van der Waals surface area contributed by atoms with Crippen molar-refractivity contribution in [3.63, 3.8) is 0 Å². The third-order valence-corrected chi connectivity index (χ3v) is 2.78. The van der Waals surface area contributed by atoms with E-state index < -0.39 is 5.82 Å². The minimum atomic E-state index is -0.442. The van der Waals surface area contributed by atoms with Crippen molar-refractivity contribution in [2.24, 2.45) is 5.73 Å². The van der Waals surface area contributed by atoms with Gasteiger partial charge in [-0.3, -0.25) is 4.79 Å². The number of methoxy groups -OCH3 is 1. The van der Waals surface area contributed by atoms with E-state index in [0.29, 0.717) is 5.56 Å². The Morgan fingerprint density at radius 2 is 2.18 bits per heavy atom. The maximum Gasteiger partial charge on any atom is 0.306 e. The van der Waals surface area contributed by atoms with Crippen LogP contribution in [0.15, 0.2) is 18.2 Å². The molecule has 5 heteroatoms. The molecule has 17 heavy (non-hydrogen) atoms. The Kier molecular flexibility index (Phi) is 4.90. The molecule has 0 saturated carbocycles. The first-order valence-electron chi connectivity index (χ1n) is 5.22. The van der Waals surface area contributed by atoms with Crippen molar-refractivity contribution >= 4 is 17.6 Å². The molecule has 0 amide bonds. The van der Waals surface area contributed by atoms with Crippen LogP contribution < -0.4 is 5.73 Å². The van der Waals surface area contributed by atoms with Gasteiger partial charge in [-0.1, -0.05) is 11.6 Å². The smallest absolute Gasteiger partial charge is 0.306 e. The molecule has 0 aliphatic carbocycles. The number of hydrogen-bond donors (Lipinski definition) is 1. The highest BCUT2D eigenvalue weighted by Crippen LogP contribution is 2.26. The molecule has 0 spiro atoms. The Morgan fingerprint density at radius 1 is 1.53 bits per heavy atom. The van der Waals surface area contributed by atoms with Gasteiger partial charge in [0.05, 0.1) is 13.5 Å². The molecule has 0 aliphatic heterocycles. The fraction of sp³-hybridized carbons (Fsp3) is 0.417. The van der Waals surface area contributed by atoms with E-state index >= 15 is 0 Å². The molecule has 0 bridgehead atoms. The monoisotopic (exact) mass is 259 g/mol. The van der Waals surface area contributed by atoms with Crippen molar-refractivity contribution in [2.75, 3.05) is 7.11 Å². The summed E-state index contributed by atoms with van der Waals surface area (Å²) in [6.07, 6.45) is 0.105. The normalized spacial score (nSPS) is 14.2. The second-order valence-corrected chi connectivity index (χ2v) is 4.39. The standard InChI is InChI=1S/C12H15ClFNO2/c1-7(15)11(6-12(16)17-2)8-3-9(13)5-10(14)4-8/h3-5,7,11H,6,15H2,1-2H3. The Labute approximate surface area is 105 Å². The van der Waals surface area contributed by atoms with Crippen LogP contribution in [0.25, 0.3) is 0 Å². The number of benzene rings is 1. The highest BCUT2D eigenvalue weighted by Gasteiger charge is 2.21.